The van der Waals surface area contributed by atoms with Gasteiger partial charge in [-0.1, -0.05) is 35.9 Å². The molecule has 1 aromatic heterocycles. The molecule has 5 nitrogen and oxygen atoms in total. The van der Waals surface area contributed by atoms with Crippen molar-refractivity contribution < 1.29 is 4.79 Å². The average molecular weight is 343 g/mol. The highest BCUT2D eigenvalue weighted by Crippen LogP contribution is 2.12. The number of halogens is 1. The van der Waals surface area contributed by atoms with Crippen molar-refractivity contribution in [2.24, 2.45) is 0 Å². The fraction of sp³-hybridized carbons (Fsp3) is 0.222. The maximum absolute atomic E-state index is 11.8. The van der Waals surface area contributed by atoms with Gasteiger partial charge in [-0.25, -0.2) is 9.78 Å². The van der Waals surface area contributed by atoms with Crippen LogP contribution in [0.5, 0.6) is 0 Å². The van der Waals surface area contributed by atoms with E-state index in [1.807, 2.05) is 54.9 Å². The van der Waals surface area contributed by atoms with Crippen molar-refractivity contribution in [1.82, 2.24) is 20.2 Å². The minimum absolute atomic E-state index is 0.175. The second-order valence-corrected chi connectivity index (χ2v) is 5.96. The van der Waals surface area contributed by atoms with Gasteiger partial charge in [0, 0.05) is 24.7 Å². The molecule has 0 atom stereocenters. The number of nitrogens with one attached hydrogen (secondary N) is 2. The fourth-order valence-electron chi connectivity index (χ4n) is 2.53. The third-order valence-corrected chi connectivity index (χ3v) is 3.97. The summed E-state index contributed by atoms with van der Waals surface area (Å²) < 4.78 is 2.10. The zero-order chi connectivity index (χ0) is 16.8. The Kier molecular flexibility index (Phi) is 5.33. The largest absolute Gasteiger partial charge is 0.338 e. The smallest absolute Gasteiger partial charge is 0.315 e. The molecule has 0 unspecified atom stereocenters. The Morgan fingerprint density at radius 3 is 2.88 bits per heavy atom. The lowest BCUT2D eigenvalue weighted by atomic mass is 10.2. The summed E-state index contributed by atoms with van der Waals surface area (Å²) in [5, 5.41) is 6.35. The molecule has 1 heterocycles. The van der Waals surface area contributed by atoms with E-state index in [1.165, 1.54) is 0 Å². The standard InChI is InChI=1S/C18H19ClN4O/c19-15-6-3-5-14(11-15)12-21-18(24)20-9-4-10-23-13-22-16-7-1-2-8-17(16)23/h1-3,5-8,11,13H,4,9-10,12H2,(H2,20,21,24). The Bertz CT molecular complexity index is 831. The average Bonchev–Trinajstić information content (AvgIpc) is 3.00. The highest BCUT2D eigenvalue weighted by Gasteiger charge is 2.03. The summed E-state index contributed by atoms with van der Waals surface area (Å²) in [5.41, 5.74) is 3.08. The molecule has 0 saturated heterocycles. The van der Waals surface area contributed by atoms with Gasteiger partial charge in [0.05, 0.1) is 17.4 Å². The summed E-state index contributed by atoms with van der Waals surface area (Å²) in [4.78, 5) is 16.2. The van der Waals surface area contributed by atoms with Crippen molar-refractivity contribution in [2.45, 2.75) is 19.5 Å². The van der Waals surface area contributed by atoms with E-state index in [0.29, 0.717) is 18.1 Å². The first kappa shape index (κ1) is 16.3. The van der Waals surface area contributed by atoms with Gasteiger partial charge in [0.1, 0.15) is 0 Å². The molecule has 2 aromatic carbocycles. The first-order chi connectivity index (χ1) is 11.7. The SMILES string of the molecule is O=C(NCCCn1cnc2ccccc21)NCc1cccc(Cl)c1. The van der Waals surface area contributed by atoms with E-state index in [4.69, 9.17) is 11.6 Å². The number of carbonyl (C=O) groups is 1. The minimum atomic E-state index is -0.175. The first-order valence-corrected chi connectivity index (χ1v) is 8.26. The quantitative estimate of drug-likeness (QED) is 0.673. The lowest BCUT2D eigenvalue weighted by Crippen LogP contribution is -2.35. The lowest BCUT2D eigenvalue weighted by molar-refractivity contribution is 0.240. The Balaban J connectivity index is 1.39. The van der Waals surface area contributed by atoms with Crippen LogP contribution in [0.1, 0.15) is 12.0 Å². The van der Waals surface area contributed by atoms with Crippen LogP contribution in [0.25, 0.3) is 11.0 Å². The van der Waals surface area contributed by atoms with Crippen molar-refractivity contribution in [3.8, 4) is 0 Å². The van der Waals surface area contributed by atoms with Crippen LogP contribution >= 0.6 is 11.6 Å². The van der Waals surface area contributed by atoms with Crippen LogP contribution in [0.3, 0.4) is 0 Å². The highest BCUT2D eigenvalue weighted by atomic mass is 35.5. The van der Waals surface area contributed by atoms with Crippen LogP contribution < -0.4 is 10.6 Å². The first-order valence-electron chi connectivity index (χ1n) is 7.88. The van der Waals surface area contributed by atoms with E-state index in [2.05, 4.69) is 20.2 Å². The number of hydrogen-bond donors (Lipinski definition) is 2. The molecule has 6 heteroatoms. The predicted molar refractivity (Wildman–Crippen MR) is 96.0 cm³/mol. The lowest BCUT2D eigenvalue weighted by Gasteiger charge is -2.08. The molecular formula is C18H19ClN4O. The third-order valence-electron chi connectivity index (χ3n) is 3.73. The van der Waals surface area contributed by atoms with E-state index in [9.17, 15) is 4.79 Å². The van der Waals surface area contributed by atoms with Crippen molar-refractivity contribution in [2.75, 3.05) is 6.54 Å². The molecule has 3 aromatic rings. The van der Waals surface area contributed by atoms with Gasteiger partial charge < -0.3 is 15.2 Å². The molecular weight excluding hydrogens is 324 g/mol. The number of amides is 2. The molecule has 0 fully saturated rings. The number of benzene rings is 2. The number of imidazole rings is 1. The van der Waals surface area contributed by atoms with Gasteiger partial charge in [0.15, 0.2) is 0 Å². The van der Waals surface area contributed by atoms with Gasteiger partial charge in [-0.05, 0) is 36.2 Å². The van der Waals surface area contributed by atoms with Gasteiger partial charge in [0.25, 0.3) is 0 Å². The number of aromatic nitrogens is 2. The molecule has 124 valence electrons. The maximum Gasteiger partial charge on any atom is 0.315 e. The van der Waals surface area contributed by atoms with Crippen molar-refractivity contribution >= 4 is 28.7 Å². The van der Waals surface area contributed by atoms with Crippen LogP contribution in [0, 0.1) is 0 Å². The maximum atomic E-state index is 11.8. The summed E-state index contributed by atoms with van der Waals surface area (Å²) in [5.74, 6) is 0. The number of aryl methyl sites for hydroxylation is 1. The summed E-state index contributed by atoms with van der Waals surface area (Å²) in [6, 6.07) is 15.3. The Labute approximate surface area is 145 Å². The normalized spacial score (nSPS) is 10.7. The number of carbonyl (C=O) groups excluding carboxylic acids is 1. The molecule has 2 amide bonds. The molecule has 2 N–H and O–H groups in total. The Hall–Kier alpha value is -2.53. The minimum Gasteiger partial charge on any atom is -0.338 e. The van der Waals surface area contributed by atoms with E-state index < -0.39 is 0 Å². The van der Waals surface area contributed by atoms with Crippen LogP contribution in [-0.2, 0) is 13.1 Å². The summed E-state index contributed by atoms with van der Waals surface area (Å²) in [6.07, 6.45) is 2.68. The number of rotatable bonds is 6. The van der Waals surface area contributed by atoms with Crippen molar-refractivity contribution in [3.63, 3.8) is 0 Å². The zero-order valence-corrected chi connectivity index (χ0v) is 14.0. The molecule has 0 spiro atoms. The molecule has 0 aliphatic carbocycles. The Morgan fingerprint density at radius 2 is 2.00 bits per heavy atom. The Morgan fingerprint density at radius 1 is 1.12 bits per heavy atom. The van der Waals surface area contributed by atoms with E-state index >= 15 is 0 Å². The van der Waals surface area contributed by atoms with Gasteiger partial charge in [-0.15, -0.1) is 0 Å². The van der Waals surface area contributed by atoms with Crippen LogP contribution in [-0.4, -0.2) is 22.1 Å². The van der Waals surface area contributed by atoms with Crippen LogP contribution in [0.4, 0.5) is 4.79 Å². The fourth-order valence-corrected chi connectivity index (χ4v) is 2.74. The molecule has 0 aliphatic heterocycles. The van der Waals surface area contributed by atoms with E-state index in [-0.39, 0.29) is 6.03 Å². The molecule has 0 aliphatic rings. The van der Waals surface area contributed by atoms with Gasteiger partial charge in [-0.3, -0.25) is 0 Å². The van der Waals surface area contributed by atoms with E-state index in [0.717, 1.165) is 29.6 Å². The van der Waals surface area contributed by atoms with Gasteiger partial charge >= 0.3 is 6.03 Å². The van der Waals surface area contributed by atoms with Crippen LogP contribution in [0.15, 0.2) is 54.9 Å². The second-order valence-electron chi connectivity index (χ2n) is 5.52. The third kappa shape index (κ3) is 4.26. The summed E-state index contributed by atoms with van der Waals surface area (Å²) in [6.45, 7) is 1.88. The van der Waals surface area contributed by atoms with Crippen molar-refractivity contribution in [3.05, 3.63) is 65.4 Å². The highest BCUT2D eigenvalue weighted by molar-refractivity contribution is 6.30. The van der Waals surface area contributed by atoms with Gasteiger partial charge in [0.2, 0.25) is 0 Å². The number of urea groups is 1. The van der Waals surface area contributed by atoms with Gasteiger partial charge in [-0.2, -0.15) is 0 Å². The second kappa shape index (κ2) is 7.84. The predicted octanol–water partition coefficient (Wildman–Crippen LogP) is 3.58. The van der Waals surface area contributed by atoms with Crippen molar-refractivity contribution in [1.29, 1.82) is 0 Å². The number of nitrogens with zero attached hydrogens (tertiary/aromatic N) is 2. The van der Waals surface area contributed by atoms with Crippen LogP contribution in [0.2, 0.25) is 5.02 Å². The molecule has 3 rings (SSSR count). The summed E-state index contributed by atoms with van der Waals surface area (Å²) in [7, 11) is 0. The topological polar surface area (TPSA) is 59.0 Å². The number of fused-ring (bicyclic) bond motifs is 1. The molecule has 0 radical (unpaired) electrons. The molecule has 0 bridgehead atoms. The molecule has 0 saturated carbocycles. The zero-order valence-electron chi connectivity index (χ0n) is 13.2. The monoisotopic (exact) mass is 342 g/mol. The number of para-hydroxylation sites is 2. The van der Waals surface area contributed by atoms with E-state index in [1.54, 1.807) is 0 Å². The summed E-state index contributed by atoms with van der Waals surface area (Å²) >= 11 is 5.92. The molecule has 24 heavy (non-hydrogen) atoms. The number of hydrogen-bond acceptors (Lipinski definition) is 2.